The number of hydrogen-bond acceptors (Lipinski definition) is 5. The molecular weight excluding hydrogens is 250 g/mol. The Hall–Kier alpha value is -1.76. The fourth-order valence-electron chi connectivity index (χ4n) is 2.32. The van der Waals surface area contributed by atoms with Gasteiger partial charge in [-0.15, -0.1) is 21.5 Å². The van der Waals surface area contributed by atoms with Crippen molar-refractivity contribution in [1.29, 1.82) is 0 Å². The van der Waals surface area contributed by atoms with Gasteiger partial charge in [-0.1, -0.05) is 0 Å². The number of aromatic amines is 1. The zero-order chi connectivity index (χ0) is 12.5. The van der Waals surface area contributed by atoms with Crippen LogP contribution in [0.2, 0.25) is 0 Å². The minimum Gasteiger partial charge on any atom is -0.317 e. The summed E-state index contributed by atoms with van der Waals surface area (Å²) >= 11 is 1.63. The molecule has 6 nitrogen and oxygen atoms in total. The highest BCUT2D eigenvalue weighted by Gasteiger charge is 2.24. The number of anilines is 1. The van der Waals surface area contributed by atoms with Crippen LogP contribution in [0.15, 0.2) is 0 Å². The summed E-state index contributed by atoms with van der Waals surface area (Å²) in [4.78, 5) is 12.6. The van der Waals surface area contributed by atoms with E-state index < -0.39 is 0 Å². The minimum atomic E-state index is -0.0710. The molecule has 0 spiro atoms. The summed E-state index contributed by atoms with van der Waals surface area (Å²) in [5.74, 6) is 0.497. The van der Waals surface area contributed by atoms with Gasteiger partial charge in [-0.25, -0.2) is 0 Å². The lowest BCUT2D eigenvalue weighted by molar-refractivity contribution is -0.114. The Bertz CT molecular complexity index is 575. The fourth-order valence-corrected chi connectivity index (χ4v) is 3.65. The number of rotatable bonds is 2. The lowest BCUT2D eigenvalue weighted by Gasteiger charge is -2.11. The van der Waals surface area contributed by atoms with Gasteiger partial charge in [-0.3, -0.25) is 4.79 Å². The van der Waals surface area contributed by atoms with E-state index in [1.807, 2.05) is 0 Å². The molecule has 2 heterocycles. The second kappa shape index (κ2) is 4.49. The zero-order valence-corrected chi connectivity index (χ0v) is 10.8. The molecule has 7 heteroatoms. The highest BCUT2D eigenvalue weighted by Crippen LogP contribution is 2.42. The van der Waals surface area contributed by atoms with E-state index in [-0.39, 0.29) is 5.91 Å². The second-order valence-electron chi connectivity index (χ2n) is 4.33. The molecule has 0 unspecified atom stereocenters. The van der Waals surface area contributed by atoms with Gasteiger partial charge in [0, 0.05) is 11.8 Å². The number of hydrogen-bond donors (Lipinski definition) is 2. The molecule has 18 heavy (non-hydrogen) atoms. The molecule has 0 bridgehead atoms. The molecule has 0 aliphatic heterocycles. The summed E-state index contributed by atoms with van der Waals surface area (Å²) < 4.78 is 0. The Labute approximate surface area is 108 Å². The van der Waals surface area contributed by atoms with E-state index in [4.69, 9.17) is 0 Å². The predicted molar refractivity (Wildman–Crippen MR) is 68.4 cm³/mol. The number of H-pyrrole nitrogens is 1. The first-order valence-corrected chi connectivity index (χ1v) is 6.73. The van der Waals surface area contributed by atoms with E-state index in [9.17, 15) is 4.79 Å². The third kappa shape index (κ3) is 1.90. The van der Waals surface area contributed by atoms with Crippen molar-refractivity contribution < 1.29 is 4.79 Å². The Balaban J connectivity index is 2.13. The van der Waals surface area contributed by atoms with Crippen molar-refractivity contribution in [3.8, 4) is 11.4 Å². The number of carbonyl (C=O) groups excluding carboxylic acids is 1. The van der Waals surface area contributed by atoms with Crippen LogP contribution in [0.4, 0.5) is 5.00 Å². The average molecular weight is 263 g/mol. The number of tetrazole rings is 1. The van der Waals surface area contributed by atoms with Crippen molar-refractivity contribution in [3.05, 3.63) is 10.4 Å². The van der Waals surface area contributed by atoms with Crippen LogP contribution in [0.5, 0.6) is 0 Å². The maximum Gasteiger partial charge on any atom is 0.221 e. The van der Waals surface area contributed by atoms with Gasteiger partial charge in [0.05, 0.1) is 5.56 Å². The minimum absolute atomic E-state index is 0.0710. The van der Waals surface area contributed by atoms with E-state index in [0.29, 0.717) is 5.82 Å². The quantitative estimate of drug-likeness (QED) is 0.864. The van der Waals surface area contributed by atoms with Crippen LogP contribution in [0.1, 0.15) is 30.2 Å². The van der Waals surface area contributed by atoms with Crippen LogP contribution in [-0.4, -0.2) is 26.5 Å². The lowest BCUT2D eigenvalue weighted by atomic mass is 9.95. The normalized spacial score (nSPS) is 14.3. The van der Waals surface area contributed by atoms with Crippen molar-refractivity contribution in [2.45, 2.75) is 32.6 Å². The van der Waals surface area contributed by atoms with E-state index in [1.165, 1.54) is 30.2 Å². The zero-order valence-electron chi connectivity index (χ0n) is 9.99. The van der Waals surface area contributed by atoms with Crippen LogP contribution < -0.4 is 5.32 Å². The molecule has 2 N–H and O–H groups in total. The third-order valence-corrected chi connectivity index (χ3v) is 4.24. The number of nitrogens with zero attached hydrogens (tertiary/aromatic N) is 3. The Kier molecular flexibility index (Phi) is 2.83. The standard InChI is InChI=1S/C11H13N5OS/c1-6(17)12-11-9(10-13-15-16-14-10)7-4-2-3-5-8(7)18-11/h2-5H2,1H3,(H,12,17)(H,13,14,15,16). The summed E-state index contributed by atoms with van der Waals surface area (Å²) in [6, 6.07) is 0. The molecule has 0 fully saturated rings. The van der Waals surface area contributed by atoms with Crippen molar-refractivity contribution in [2.24, 2.45) is 0 Å². The number of thiophene rings is 1. The van der Waals surface area contributed by atoms with Gasteiger partial charge >= 0.3 is 0 Å². The van der Waals surface area contributed by atoms with Crippen molar-refractivity contribution in [1.82, 2.24) is 20.6 Å². The Morgan fingerprint density at radius 2 is 2.22 bits per heavy atom. The molecule has 0 saturated carbocycles. The predicted octanol–water partition coefficient (Wildman–Crippen LogP) is 1.77. The molecule has 0 radical (unpaired) electrons. The Morgan fingerprint density at radius 3 is 2.94 bits per heavy atom. The SMILES string of the molecule is CC(=O)Nc1sc2c(c1-c1nn[nH]n1)CCCC2. The van der Waals surface area contributed by atoms with Crippen LogP contribution in [0.25, 0.3) is 11.4 Å². The van der Waals surface area contributed by atoms with Crippen LogP contribution in [0, 0.1) is 0 Å². The first-order valence-electron chi connectivity index (χ1n) is 5.91. The maximum absolute atomic E-state index is 11.3. The summed E-state index contributed by atoms with van der Waals surface area (Å²) in [6.07, 6.45) is 4.48. The molecule has 0 aromatic carbocycles. The number of carbonyl (C=O) groups is 1. The van der Waals surface area contributed by atoms with E-state index >= 15 is 0 Å². The van der Waals surface area contributed by atoms with Crippen LogP contribution in [-0.2, 0) is 17.6 Å². The highest BCUT2D eigenvalue weighted by atomic mass is 32.1. The molecule has 1 amide bonds. The van der Waals surface area contributed by atoms with Gasteiger partial charge < -0.3 is 5.32 Å². The first-order chi connectivity index (χ1) is 8.75. The topological polar surface area (TPSA) is 83.6 Å². The molecule has 0 atom stereocenters. The maximum atomic E-state index is 11.3. The van der Waals surface area contributed by atoms with Gasteiger partial charge in [0.1, 0.15) is 5.00 Å². The number of nitrogens with one attached hydrogen (secondary N) is 2. The van der Waals surface area contributed by atoms with E-state index in [1.54, 1.807) is 11.3 Å². The summed E-state index contributed by atoms with van der Waals surface area (Å²) in [6.45, 7) is 1.51. The van der Waals surface area contributed by atoms with Gasteiger partial charge in [-0.05, 0) is 36.5 Å². The molecular formula is C11H13N5OS. The Morgan fingerprint density at radius 1 is 1.39 bits per heavy atom. The number of aromatic nitrogens is 4. The van der Waals surface area contributed by atoms with Crippen molar-refractivity contribution in [2.75, 3.05) is 5.32 Å². The van der Waals surface area contributed by atoms with Crippen molar-refractivity contribution in [3.63, 3.8) is 0 Å². The molecule has 2 aromatic rings. The van der Waals surface area contributed by atoms with Gasteiger partial charge in [0.25, 0.3) is 0 Å². The molecule has 0 saturated heterocycles. The smallest absolute Gasteiger partial charge is 0.221 e. The second-order valence-corrected chi connectivity index (χ2v) is 5.44. The molecule has 1 aliphatic rings. The molecule has 2 aromatic heterocycles. The largest absolute Gasteiger partial charge is 0.317 e. The van der Waals surface area contributed by atoms with Gasteiger partial charge in [-0.2, -0.15) is 5.21 Å². The molecule has 3 rings (SSSR count). The fraction of sp³-hybridized carbons (Fsp3) is 0.455. The summed E-state index contributed by atoms with van der Waals surface area (Å²) in [5.41, 5.74) is 2.22. The molecule has 1 aliphatic carbocycles. The van der Waals surface area contributed by atoms with Gasteiger partial charge in [0.15, 0.2) is 0 Å². The summed E-state index contributed by atoms with van der Waals surface area (Å²) in [7, 11) is 0. The van der Waals surface area contributed by atoms with E-state index in [2.05, 4.69) is 25.9 Å². The number of amides is 1. The summed E-state index contributed by atoms with van der Waals surface area (Å²) in [5, 5.41) is 17.9. The first kappa shape index (κ1) is 11.3. The lowest BCUT2D eigenvalue weighted by Crippen LogP contribution is -2.06. The number of fused-ring (bicyclic) bond motifs is 1. The third-order valence-electron chi connectivity index (χ3n) is 3.03. The monoisotopic (exact) mass is 263 g/mol. The number of aryl methyl sites for hydroxylation is 1. The van der Waals surface area contributed by atoms with Crippen molar-refractivity contribution >= 4 is 22.2 Å². The van der Waals surface area contributed by atoms with E-state index in [0.717, 1.165) is 23.4 Å². The van der Waals surface area contributed by atoms with Gasteiger partial charge in [0.2, 0.25) is 11.7 Å². The van der Waals surface area contributed by atoms with Crippen LogP contribution >= 0.6 is 11.3 Å². The highest BCUT2D eigenvalue weighted by molar-refractivity contribution is 7.17. The van der Waals surface area contributed by atoms with Crippen LogP contribution in [0.3, 0.4) is 0 Å². The molecule has 94 valence electrons. The average Bonchev–Trinajstić information content (AvgIpc) is 2.93.